The van der Waals surface area contributed by atoms with Gasteiger partial charge in [-0.1, -0.05) is 0 Å². The fourth-order valence-electron chi connectivity index (χ4n) is 1.72. The molecular formula is C14H14N2O3. The summed E-state index contributed by atoms with van der Waals surface area (Å²) in [5, 5.41) is 0. The summed E-state index contributed by atoms with van der Waals surface area (Å²) >= 11 is 0. The molecule has 0 aliphatic heterocycles. The number of pyridine rings is 1. The summed E-state index contributed by atoms with van der Waals surface area (Å²) in [7, 11) is 3.04. The van der Waals surface area contributed by atoms with E-state index in [-0.39, 0.29) is 11.5 Å². The third-order valence-electron chi connectivity index (χ3n) is 2.71. The summed E-state index contributed by atoms with van der Waals surface area (Å²) in [6, 6.07) is 8.28. The molecule has 0 amide bonds. The first-order chi connectivity index (χ1) is 9.17. The minimum atomic E-state index is -0.280. The van der Waals surface area contributed by atoms with Crippen LogP contribution in [0.2, 0.25) is 0 Å². The molecule has 0 atom stereocenters. The Balaban J connectivity index is 2.47. The Morgan fingerprint density at radius 3 is 2.63 bits per heavy atom. The van der Waals surface area contributed by atoms with Gasteiger partial charge in [0.2, 0.25) is 5.78 Å². The number of carbonyl (C=O) groups is 1. The second kappa shape index (κ2) is 5.39. The number of hydrogen-bond acceptors (Lipinski definition) is 5. The van der Waals surface area contributed by atoms with Crippen LogP contribution in [-0.2, 0) is 0 Å². The van der Waals surface area contributed by atoms with Crippen LogP contribution < -0.4 is 15.2 Å². The predicted molar refractivity (Wildman–Crippen MR) is 71.6 cm³/mol. The summed E-state index contributed by atoms with van der Waals surface area (Å²) in [4.78, 5) is 16.4. The number of nitrogen functional groups attached to an aromatic ring is 1. The molecule has 1 aromatic carbocycles. The first-order valence-electron chi connectivity index (χ1n) is 5.64. The van der Waals surface area contributed by atoms with Crippen molar-refractivity contribution in [3.05, 3.63) is 47.8 Å². The quantitative estimate of drug-likeness (QED) is 0.848. The number of nitrogens with zero attached hydrogens (tertiary/aromatic N) is 1. The lowest BCUT2D eigenvalue weighted by Crippen LogP contribution is -2.09. The summed E-state index contributed by atoms with van der Waals surface area (Å²) < 4.78 is 10.3. The summed E-state index contributed by atoms with van der Waals surface area (Å²) in [6.07, 6.45) is 1.53. The Morgan fingerprint density at radius 2 is 2.00 bits per heavy atom. The maximum absolute atomic E-state index is 12.4. The van der Waals surface area contributed by atoms with Gasteiger partial charge in [0.25, 0.3) is 0 Å². The molecular weight excluding hydrogens is 244 g/mol. The number of rotatable bonds is 4. The molecule has 2 N–H and O–H groups in total. The van der Waals surface area contributed by atoms with Gasteiger partial charge in [0.05, 0.1) is 25.5 Å². The number of benzene rings is 1. The maximum Gasteiger partial charge on any atom is 0.217 e. The molecule has 0 unspecified atom stereocenters. The minimum absolute atomic E-state index is 0.214. The van der Waals surface area contributed by atoms with E-state index in [1.807, 2.05) is 0 Å². The molecule has 0 radical (unpaired) electrons. The van der Waals surface area contributed by atoms with Crippen molar-refractivity contribution in [1.29, 1.82) is 0 Å². The highest BCUT2D eigenvalue weighted by molar-refractivity contribution is 6.12. The van der Waals surface area contributed by atoms with Crippen molar-refractivity contribution >= 4 is 11.5 Å². The SMILES string of the molecule is COc1ccc(C(=O)c2ncccc2N)c(OC)c1. The number of ketones is 1. The van der Waals surface area contributed by atoms with Gasteiger partial charge < -0.3 is 15.2 Å². The van der Waals surface area contributed by atoms with Crippen molar-refractivity contribution in [2.45, 2.75) is 0 Å². The molecule has 2 rings (SSSR count). The van der Waals surface area contributed by atoms with E-state index < -0.39 is 0 Å². The zero-order valence-corrected chi connectivity index (χ0v) is 10.7. The van der Waals surface area contributed by atoms with E-state index in [9.17, 15) is 4.79 Å². The maximum atomic E-state index is 12.4. The van der Waals surface area contributed by atoms with Crippen molar-refractivity contribution in [2.75, 3.05) is 20.0 Å². The number of methoxy groups -OCH3 is 2. The number of ether oxygens (including phenoxy) is 2. The first kappa shape index (κ1) is 12.9. The van der Waals surface area contributed by atoms with Crippen molar-refractivity contribution in [1.82, 2.24) is 4.98 Å². The smallest absolute Gasteiger partial charge is 0.217 e. The van der Waals surface area contributed by atoms with Crippen LogP contribution in [-0.4, -0.2) is 25.0 Å². The molecule has 1 heterocycles. The van der Waals surface area contributed by atoms with Gasteiger partial charge in [0, 0.05) is 12.3 Å². The van der Waals surface area contributed by atoms with Gasteiger partial charge >= 0.3 is 0 Å². The van der Waals surface area contributed by atoms with Crippen LogP contribution in [0.15, 0.2) is 36.5 Å². The molecule has 5 nitrogen and oxygen atoms in total. The minimum Gasteiger partial charge on any atom is -0.497 e. The van der Waals surface area contributed by atoms with E-state index in [1.54, 1.807) is 37.4 Å². The van der Waals surface area contributed by atoms with Crippen molar-refractivity contribution in [3.8, 4) is 11.5 Å². The molecule has 1 aromatic heterocycles. The lowest BCUT2D eigenvalue weighted by atomic mass is 10.1. The molecule has 5 heteroatoms. The van der Waals surface area contributed by atoms with Gasteiger partial charge in [0.15, 0.2) is 0 Å². The van der Waals surface area contributed by atoms with Gasteiger partial charge in [0.1, 0.15) is 17.2 Å². The van der Waals surface area contributed by atoms with E-state index >= 15 is 0 Å². The third kappa shape index (κ3) is 2.49. The summed E-state index contributed by atoms with van der Waals surface area (Å²) in [5.74, 6) is 0.759. The number of aromatic nitrogens is 1. The highest BCUT2D eigenvalue weighted by Crippen LogP contribution is 2.27. The Morgan fingerprint density at radius 1 is 1.21 bits per heavy atom. The van der Waals surface area contributed by atoms with Crippen molar-refractivity contribution < 1.29 is 14.3 Å². The number of nitrogens with two attached hydrogens (primary N) is 1. The molecule has 0 aliphatic rings. The molecule has 0 bridgehead atoms. The topological polar surface area (TPSA) is 74.4 Å². The highest BCUT2D eigenvalue weighted by atomic mass is 16.5. The van der Waals surface area contributed by atoms with Crippen LogP contribution in [0.4, 0.5) is 5.69 Å². The van der Waals surface area contributed by atoms with Gasteiger partial charge in [-0.3, -0.25) is 9.78 Å². The van der Waals surface area contributed by atoms with Crippen molar-refractivity contribution in [3.63, 3.8) is 0 Å². The van der Waals surface area contributed by atoms with Crippen LogP contribution in [0.1, 0.15) is 16.1 Å². The van der Waals surface area contributed by atoms with E-state index in [4.69, 9.17) is 15.2 Å². The van der Waals surface area contributed by atoms with E-state index in [0.717, 1.165) is 0 Å². The molecule has 19 heavy (non-hydrogen) atoms. The Kier molecular flexibility index (Phi) is 3.66. The van der Waals surface area contributed by atoms with Crippen molar-refractivity contribution in [2.24, 2.45) is 0 Å². The summed E-state index contributed by atoms with van der Waals surface area (Å²) in [6.45, 7) is 0. The number of hydrogen-bond donors (Lipinski definition) is 1. The Bertz CT molecular complexity index is 611. The van der Waals surface area contributed by atoms with Crippen LogP contribution >= 0.6 is 0 Å². The molecule has 98 valence electrons. The largest absolute Gasteiger partial charge is 0.497 e. The molecule has 0 fully saturated rings. The second-order valence-electron chi connectivity index (χ2n) is 3.84. The fraction of sp³-hybridized carbons (Fsp3) is 0.143. The standard InChI is InChI=1S/C14H14N2O3/c1-18-9-5-6-10(12(8-9)19-2)14(17)13-11(15)4-3-7-16-13/h3-8H,15H2,1-2H3. The Labute approximate surface area is 111 Å². The average Bonchev–Trinajstić information content (AvgIpc) is 2.46. The van der Waals surface area contributed by atoms with E-state index in [1.165, 1.54) is 13.3 Å². The fourth-order valence-corrected chi connectivity index (χ4v) is 1.72. The van der Waals surface area contributed by atoms with E-state index in [0.29, 0.717) is 22.7 Å². The first-order valence-corrected chi connectivity index (χ1v) is 5.64. The molecule has 0 spiro atoms. The van der Waals surface area contributed by atoms with Crippen LogP contribution in [0.25, 0.3) is 0 Å². The van der Waals surface area contributed by atoms with Gasteiger partial charge in [-0.25, -0.2) is 0 Å². The lowest BCUT2D eigenvalue weighted by molar-refractivity contribution is 0.103. The summed E-state index contributed by atoms with van der Waals surface area (Å²) in [5.41, 5.74) is 6.71. The van der Waals surface area contributed by atoms with Gasteiger partial charge in [-0.05, 0) is 24.3 Å². The lowest BCUT2D eigenvalue weighted by Gasteiger charge is -2.10. The van der Waals surface area contributed by atoms with E-state index in [2.05, 4.69) is 4.98 Å². The average molecular weight is 258 g/mol. The van der Waals surface area contributed by atoms with Crippen LogP contribution in [0, 0.1) is 0 Å². The second-order valence-corrected chi connectivity index (χ2v) is 3.84. The molecule has 0 saturated carbocycles. The van der Waals surface area contributed by atoms with Gasteiger partial charge in [-0.15, -0.1) is 0 Å². The molecule has 0 aliphatic carbocycles. The predicted octanol–water partition coefficient (Wildman–Crippen LogP) is 1.91. The zero-order chi connectivity index (χ0) is 13.8. The number of anilines is 1. The molecule has 2 aromatic rings. The zero-order valence-electron chi connectivity index (χ0n) is 10.7. The van der Waals surface area contributed by atoms with Crippen LogP contribution in [0.3, 0.4) is 0 Å². The van der Waals surface area contributed by atoms with Crippen LogP contribution in [0.5, 0.6) is 11.5 Å². The van der Waals surface area contributed by atoms with Gasteiger partial charge in [-0.2, -0.15) is 0 Å². The molecule has 0 saturated heterocycles. The highest BCUT2D eigenvalue weighted by Gasteiger charge is 2.18. The normalized spacial score (nSPS) is 10.0. The number of carbonyl (C=O) groups excluding carboxylic acids is 1. The third-order valence-corrected chi connectivity index (χ3v) is 2.71. The monoisotopic (exact) mass is 258 g/mol. The Hall–Kier alpha value is -2.56.